The summed E-state index contributed by atoms with van der Waals surface area (Å²) in [4.78, 5) is 31.4. The average molecular weight is 1020 g/mol. The molecule has 2 N–H and O–H groups in total. The van der Waals surface area contributed by atoms with Crippen LogP contribution in [-0.2, 0) is 38.2 Å². The van der Waals surface area contributed by atoms with Gasteiger partial charge < -0.3 is 29.9 Å². The van der Waals surface area contributed by atoms with Crippen LogP contribution >= 0.6 is 0 Å². The van der Waals surface area contributed by atoms with Gasteiger partial charge in [-0.1, -0.05) is 182 Å². The summed E-state index contributed by atoms with van der Waals surface area (Å²) in [6.07, 6.45) is 12.2. The number of benzene rings is 4. The van der Waals surface area contributed by atoms with Gasteiger partial charge in [-0.25, -0.2) is 9.59 Å². The van der Waals surface area contributed by atoms with Crippen LogP contribution in [0.15, 0.2) is 58.5 Å². The number of carbonyl (C=O) groups is 2. The van der Waals surface area contributed by atoms with Crippen molar-refractivity contribution in [3.05, 3.63) is 104 Å². The summed E-state index contributed by atoms with van der Waals surface area (Å²) < 4.78 is 9.97. The van der Waals surface area contributed by atoms with Crippen LogP contribution in [0.4, 0.5) is 21.0 Å². The topological polar surface area (TPSA) is 164 Å². The molecule has 390 valence electrons. The largest absolute Gasteiger partial charge is 2.00 e. The summed E-state index contributed by atoms with van der Waals surface area (Å²) in [5.74, 6) is 0.172. The first-order chi connectivity index (χ1) is 32.4. The Kier molecular flexibility index (Phi) is 21.2. The first-order valence-electron chi connectivity index (χ1n) is 25.2. The zero-order chi connectivity index (χ0) is 52.5. The van der Waals surface area contributed by atoms with E-state index >= 15 is 0 Å². The molecule has 2 aliphatic rings. The average Bonchev–Trinajstić information content (AvgIpc) is 3.24. The summed E-state index contributed by atoms with van der Waals surface area (Å²) in [5.41, 5.74) is 10.3. The maximum absolute atomic E-state index is 13.3. The molecule has 0 aromatic heterocycles. The molecule has 71 heavy (non-hydrogen) atoms. The van der Waals surface area contributed by atoms with Gasteiger partial charge in [0.1, 0.15) is 11.5 Å². The molecule has 0 bridgehead atoms. The molecule has 0 spiro atoms. The normalized spacial score (nSPS) is 15.0. The van der Waals surface area contributed by atoms with Crippen molar-refractivity contribution < 1.29 is 56.0 Å². The Bertz CT molecular complexity index is 2300. The SMILES string of the molecule is CC(C)(C)c1cc(C2CCCCC2)c(C(C)(C)C)c([O-])c1OC(=O)O.CC(C)(C)c1cc(C2CCCCC2)c(C(C)(C)C)c([O-])c1OC(=O)O.Cc1cccc(C)c1N=CC=Nc1c(C)cccc1C.[Ni+2]. The fourth-order valence-electron chi connectivity index (χ4n) is 10.1. The van der Waals surface area contributed by atoms with Crippen LogP contribution in [-0.4, -0.2) is 35.0 Å². The predicted octanol–water partition coefficient (Wildman–Crippen LogP) is 15.9. The molecule has 0 atom stereocenters. The zero-order valence-electron chi connectivity index (χ0n) is 45.6. The molecule has 0 heterocycles. The molecule has 10 nitrogen and oxygen atoms in total. The van der Waals surface area contributed by atoms with E-state index in [1.165, 1.54) is 60.8 Å². The van der Waals surface area contributed by atoms with Gasteiger partial charge in [0.15, 0.2) is 0 Å². The van der Waals surface area contributed by atoms with Crippen molar-refractivity contribution in [2.24, 2.45) is 9.98 Å². The minimum Gasteiger partial charge on any atom is -0.870 e. The molecule has 2 aliphatic carbocycles. The van der Waals surface area contributed by atoms with E-state index in [4.69, 9.17) is 19.7 Å². The number of hydrogen-bond acceptors (Lipinski definition) is 8. The number of ether oxygens (including phenoxy) is 2. The molecule has 11 heteroatoms. The Labute approximate surface area is 435 Å². The second-order valence-corrected chi connectivity index (χ2v) is 23.5. The number of carboxylic acid groups (broad SMARTS) is 2. The van der Waals surface area contributed by atoms with Gasteiger partial charge >= 0.3 is 28.8 Å². The van der Waals surface area contributed by atoms with Crippen molar-refractivity contribution in [1.82, 2.24) is 0 Å². The molecular formula is C60H82N2NiO8. The maximum Gasteiger partial charge on any atom is 2.00 e. The molecule has 2 fully saturated rings. The van der Waals surface area contributed by atoms with Crippen molar-refractivity contribution in [2.75, 3.05) is 0 Å². The summed E-state index contributed by atoms with van der Waals surface area (Å²) >= 11 is 0. The molecule has 0 unspecified atom stereocenters. The molecular weight excluding hydrogens is 935 g/mol. The fraction of sp³-hybridized carbons (Fsp3) is 0.533. The first-order valence-corrected chi connectivity index (χ1v) is 25.2. The Morgan fingerprint density at radius 2 is 0.803 bits per heavy atom. The van der Waals surface area contributed by atoms with Gasteiger partial charge in [0, 0.05) is 23.6 Å². The van der Waals surface area contributed by atoms with Crippen LogP contribution in [0.5, 0.6) is 23.0 Å². The molecule has 4 aromatic carbocycles. The van der Waals surface area contributed by atoms with Crippen molar-refractivity contribution in [3.8, 4) is 23.0 Å². The monoisotopic (exact) mass is 1020 g/mol. The fourth-order valence-corrected chi connectivity index (χ4v) is 10.1. The number of rotatable bonds is 7. The number of nitrogens with zero attached hydrogens (tertiary/aromatic N) is 2. The number of aryl methyl sites for hydroxylation is 4. The van der Waals surface area contributed by atoms with Crippen LogP contribution in [0, 0.1) is 27.7 Å². The van der Waals surface area contributed by atoms with Gasteiger partial charge in [-0.3, -0.25) is 9.98 Å². The third kappa shape index (κ3) is 16.2. The third-order valence-electron chi connectivity index (χ3n) is 13.5. The minimum absolute atomic E-state index is 0. The van der Waals surface area contributed by atoms with Crippen LogP contribution in [0.3, 0.4) is 0 Å². The summed E-state index contributed by atoms with van der Waals surface area (Å²) in [7, 11) is 0. The van der Waals surface area contributed by atoms with Gasteiger partial charge in [-0.05, 0) is 131 Å². The van der Waals surface area contributed by atoms with E-state index in [0.717, 1.165) is 48.2 Å². The van der Waals surface area contributed by atoms with E-state index in [1.54, 1.807) is 12.4 Å². The quantitative estimate of drug-likeness (QED) is 0.0799. The summed E-state index contributed by atoms with van der Waals surface area (Å²) in [6, 6.07) is 16.5. The van der Waals surface area contributed by atoms with Gasteiger partial charge in [-0.2, -0.15) is 0 Å². The number of para-hydroxylation sites is 2. The molecule has 0 radical (unpaired) electrons. The Balaban J connectivity index is 0.000000281. The van der Waals surface area contributed by atoms with E-state index < -0.39 is 12.3 Å². The van der Waals surface area contributed by atoms with Gasteiger partial charge in [0.05, 0.1) is 11.4 Å². The van der Waals surface area contributed by atoms with Crippen LogP contribution in [0.1, 0.15) is 215 Å². The van der Waals surface area contributed by atoms with Crippen molar-refractivity contribution in [2.45, 2.75) is 208 Å². The van der Waals surface area contributed by atoms with Crippen molar-refractivity contribution in [1.29, 1.82) is 0 Å². The van der Waals surface area contributed by atoms with Crippen LogP contribution in [0.25, 0.3) is 0 Å². The van der Waals surface area contributed by atoms with E-state index in [-0.39, 0.29) is 61.1 Å². The van der Waals surface area contributed by atoms with E-state index in [0.29, 0.717) is 34.1 Å². The summed E-state index contributed by atoms with van der Waals surface area (Å²) in [5, 5.41) is 44.9. The number of aliphatic imine (C=N–C) groups is 2. The van der Waals surface area contributed by atoms with Crippen LogP contribution in [0.2, 0.25) is 0 Å². The third-order valence-corrected chi connectivity index (χ3v) is 13.5. The first kappa shape index (κ1) is 60.2. The van der Waals surface area contributed by atoms with E-state index in [1.807, 2.05) is 83.1 Å². The van der Waals surface area contributed by atoms with E-state index in [2.05, 4.69) is 86.2 Å². The smallest absolute Gasteiger partial charge is 0.870 e. The zero-order valence-corrected chi connectivity index (χ0v) is 46.5. The van der Waals surface area contributed by atoms with Gasteiger partial charge in [0.25, 0.3) is 0 Å². The molecule has 0 aliphatic heterocycles. The predicted molar refractivity (Wildman–Crippen MR) is 284 cm³/mol. The summed E-state index contributed by atoms with van der Waals surface area (Å²) in [6.45, 7) is 32.3. The Hall–Kier alpha value is -5.15. The Morgan fingerprint density at radius 3 is 1.04 bits per heavy atom. The second-order valence-electron chi connectivity index (χ2n) is 23.5. The molecule has 4 aromatic rings. The number of hydrogen-bond donors (Lipinski definition) is 2. The molecule has 6 rings (SSSR count). The second kappa shape index (κ2) is 25.0. The van der Waals surface area contributed by atoms with Crippen LogP contribution < -0.4 is 19.7 Å². The standard InChI is InChI=1S/2C21H32O4.C18H20N2.Ni/c2*1-20(2,3)15-12-14(13-10-8-7-9-11-13)16(21(4,5)6)17(22)18(15)25-19(23)24;1-13-7-5-8-14(2)17(13)19-11-12-20-18-15(3)9-6-10-16(18)4;/h2*12-13,22H,7-11H2,1-6H3,(H,23,24);5-12H,1-4H3;/q;;;+2/p-2. The van der Waals surface area contributed by atoms with E-state index in [9.17, 15) is 19.8 Å². The van der Waals surface area contributed by atoms with Crippen molar-refractivity contribution in [3.63, 3.8) is 0 Å². The minimum atomic E-state index is -1.44. The maximum atomic E-state index is 13.3. The Morgan fingerprint density at radius 1 is 0.521 bits per heavy atom. The van der Waals surface area contributed by atoms with Gasteiger partial charge in [0.2, 0.25) is 0 Å². The molecule has 2 saturated carbocycles. The molecule has 0 saturated heterocycles. The van der Waals surface area contributed by atoms with Gasteiger partial charge in [-0.15, -0.1) is 0 Å². The van der Waals surface area contributed by atoms with Crippen molar-refractivity contribution >= 4 is 36.1 Å². The molecule has 0 amide bonds.